The van der Waals surface area contributed by atoms with Crippen molar-refractivity contribution < 1.29 is 4.74 Å². The van der Waals surface area contributed by atoms with E-state index in [0.29, 0.717) is 0 Å². The number of aryl methyl sites for hydroxylation is 3. The molecule has 1 nitrogen and oxygen atoms in total. The molecule has 3 aromatic rings. The molecule has 122 valence electrons. The Hall–Kier alpha value is -2.19. The average Bonchev–Trinajstić information content (AvgIpc) is 2.59. The molecule has 0 aliphatic rings. The van der Waals surface area contributed by atoms with E-state index >= 15 is 0 Å². The smallest absolute Gasteiger partial charge is 0.208 e. The van der Waals surface area contributed by atoms with E-state index in [1.54, 1.807) is 7.11 Å². The predicted octanol–water partition coefficient (Wildman–Crippen LogP) is 5.72. The van der Waals surface area contributed by atoms with Crippen molar-refractivity contribution in [3.8, 4) is 5.75 Å². The van der Waals surface area contributed by atoms with E-state index in [1.807, 2.05) is 0 Å². The number of ether oxygens (including phenoxy) is 1. The average molecular weight is 335 g/mol. The van der Waals surface area contributed by atoms with E-state index in [-0.39, 0.29) is 10.9 Å². The minimum absolute atomic E-state index is 0.176. The second kappa shape index (κ2) is 7.14. The number of benzene rings is 3. The van der Waals surface area contributed by atoms with Crippen LogP contribution in [0.1, 0.15) is 16.7 Å². The maximum atomic E-state index is 5.70. The first-order valence-electron chi connectivity index (χ1n) is 8.11. The molecule has 0 N–H and O–H groups in total. The van der Waals surface area contributed by atoms with Gasteiger partial charge >= 0.3 is 0 Å². The van der Waals surface area contributed by atoms with Crippen LogP contribution in [0.4, 0.5) is 0 Å². The van der Waals surface area contributed by atoms with Gasteiger partial charge in [0.2, 0.25) is 4.90 Å². The molecule has 0 amide bonds. The topological polar surface area (TPSA) is 9.23 Å². The molecular weight excluding hydrogens is 312 g/mol. The van der Waals surface area contributed by atoms with Crippen LogP contribution in [0.25, 0.3) is 0 Å². The summed E-state index contributed by atoms with van der Waals surface area (Å²) in [6, 6.07) is 24.2. The Morgan fingerprint density at radius 2 is 1.08 bits per heavy atom. The summed E-state index contributed by atoms with van der Waals surface area (Å²) in [5, 5.41) is 0. The number of methoxy groups -OCH3 is 1. The highest BCUT2D eigenvalue weighted by molar-refractivity contribution is 7.97. The Bertz CT molecular complexity index is 774. The van der Waals surface area contributed by atoms with Gasteiger partial charge in [-0.05, 0) is 62.7 Å². The monoisotopic (exact) mass is 335 g/mol. The second-order valence-electron chi connectivity index (χ2n) is 6.09. The van der Waals surface area contributed by atoms with Crippen LogP contribution >= 0.6 is 0 Å². The lowest BCUT2D eigenvalue weighted by atomic mass is 10.2. The molecule has 0 aliphatic carbocycles. The first-order valence-corrected chi connectivity index (χ1v) is 9.33. The normalized spacial score (nSPS) is 10.9. The van der Waals surface area contributed by atoms with Crippen molar-refractivity contribution in [2.24, 2.45) is 0 Å². The molecule has 0 aromatic heterocycles. The third-order valence-electron chi connectivity index (χ3n) is 4.05. The Balaban J connectivity index is 2.18. The van der Waals surface area contributed by atoms with E-state index in [2.05, 4.69) is 87.5 Å². The summed E-state index contributed by atoms with van der Waals surface area (Å²) in [6.45, 7) is 6.35. The number of rotatable bonds is 4. The highest BCUT2D eigenvalue weighted by atomic mass is 32.2. The molecule has 0 fully saturated rings. The largest absolute Gasteiger partial charge is 0.491 e. The lowest BCUT2D eigenvalue weighted by Crippen LogP contribution is -2.07. The van der Waals surface area contributed by atoms with Gasteiger partial charge in [0, 0.05) is 0 Å². The molecular formula is C22H23OS+. The highest BCUT2D eigenvalue weighted by Crippen LogP contribution is 2.37. The van der Waals surface area contributed by atoms with Gasteiger partial charge < -0.3 is 4.74 Å². The molecule has 0 saturated heterocycles. The summed E-state index contributed by atoms with van der Waals surface area (Å²) in [6.07, 6.45) is 0. The highest BCUT2D eigenvalue weighted by Gasteiger charge is 2.31. The van der Waals surface area contributed by atoms with Gasteiger partial charge in [0.1, 0.15) is 10.9 Å². The Kier molecular flexibility index (Phi) is 4.96. The SMILES string of the molecule is COc1cc(C)ccc1[S+](c1ccc(C)cc1)c1ccc(C)cc1. The van der Waals surface area contributed by atoms with Crippen molar-refractivity contribution in [2.45, 2.75) is 35.5 Å². The van der Waals surface area contributed by atoms with Crippen LogP contribution in [0, 0.1) is 20.8 Å². The van der Waals surface area contributed by atoms with Gasteiger partial charge in [-0.15, -0.1) is 0 Å². The fraction of sp³-hybridized carbons (Fsp3) is 0.182. The van der Waals surface area contributed by atoms with Gasteiger partial charge in [0.15, 0.2) is 15.5 Å². The molecule has 0 saturated carbocycles. The second-order valence-corrected chi connectivity index (χ2v) is 8.08. The van der Waals surface area contributed by atoms with Crippen LogP contribution in [0.3, 0.4) is 0 Å². The van der Waals surface area contributed by atoms with Crippen molar-refractivity contribution in [3.63, 3.8) is 0 Å². The van der Waals surface area contributed by atoms with Crippen LogP contribution in [0.5, 0.6) is 5.75 Å². The minimum Gasteiger partial charge on any atom is -0.491 e. The summed E-state index contributed by atoms with van der Waals surface area (Å²) >= 11 is 0. The van der Waals surface area contributed by atoms with E-state index < -0.39 is 0 Å². The van der Waals surface area contributed by atoms with E-state index in [0.717, 1.165) is 5.75 Å². The van der Waals surface area contributed by atoms with Crippen molar-refractivity contribution in [2.75, 3.05) is 7.11 Å². The molecule has 0 unspecified atom stereocenters. The van der Waals surface area contributed by atoms with E-state index in [4.69, 9.17) is 4.74 Å². The maximum absolute atomic E-state index is 5.70. The lowest BCUT2D eigenvalue weighted by Gasteiger charge is -2.12. The Morgan fingerprint density at radius 3 is 1.54 bits per heavy atom. The molecule has 0 aliphatic heterocycles. The van der Waals surface area contributed by atoms with Crippen LogP contribution in [-0.4, -0.2) is 7.11 Å². The molecule has 0 atom stereocenters. The van der Waals surface area contributed by atoms with Crippen molar-refractivity contribution >= 4 is 10.9 Å². The van der Waals surface area contributed by atoms with Crippen LogP contribution in [0.15, 0.2) is 81.4 Å². The van der Waals surface area contributed by atoms with Crippen molar-refractivity contribution in [1.29, 1.82) is 0 Å². The van der Waals surface area contributed by atoms with Gasteiger partial charge in [-0.2, -0.15) is 0 Å². The third-order valence-corrected chi connectivity index (χ3v) is 6.32. The molecule has 3 aromatic carbocycles. The maximum Gasteiger partial charge on any atom is 0.208 e. The van der Waals surface area contributed by atoms with E-state index in [9.17, 15) is 0 Å². The molecule has 2 heteroatoms. The zero-order valence-electron chi connectivity index (χ0n) is 14.7. The summed E-state index contributed by atoms with van der Waals surface area (Å²) in [4.78, 5) is 3.86. The lowest BCUT2D eigenvalue weighted by molar-refractivity contribution is 0.404. The minimum atomic E-state index is -0.176. The van der Waals surface area contributed by atoms with Crippen LogP contribution in [-0.2, 0) is 10.9 Å². The van der Waals surface area contributed by atoms with Crippen LogP contribution < -0.4 is 4.74 Å². The van der Waals surface area contributed by atoms with Crippen LogP contribution in [0.2, 0.25) is 0 Å². The molecule has 0 spiro atoms. The van der Waals surface area contributed by atoms with Gasteiger partial charge in [-0.3, -0.25) is 0 Å². The molecule has 0 heterocycles. The first kappa shape index (κ1) is 16.7. The Morgan fingerprint density at radius 1 is 0.625 bits per heavy atom. The van der Waals surface area contributed by atoms with Crippen molar-refractivity contribution in [3.05, 3.63) is 83.4 Å². The molecule has 0 radical (unpaired) electrons. The van der Waals surface area contributed by atoms with Gasteiger partial charge in [0.25, 0.3) is 0 Å². The fourth-order valence-corrected chi connectivity index (χ4v) is 4.83. The van der Waals surface area contributed by atoms with Gasteiger partial charge in [-0.25, -0.2) is 0 Å². The molecule has 24 heavy (non-hydrogen) atoms. The van der Waals surface area contributed by atoms with Crippen molar-refractivity contribution in [1.82, 2.24) is 0 Å². The quantitative estimate of drug-likeness (QED) is 0.554. The third kappa shape index (κ3) is 3.49. The van der Waals surface area contributed by atoms with E-state index in [1.165, 1.54) is 31.4 Å². The summed E-state index contributed by atoms with van der Waals surface area (Å²) in [7, 11) is 1.58. The van der Waals surface area contributed by atoms with Gasteiger partial charge in [-0.1, -0.05) is 41.5 Å². The summed E-state index contributed by atoms with van der Waals surface area (Å²) in [5.74, 6) is 0.958. The number of hydrogen-bond acceptors (Lipinski definition) is 1. The fourth-order valence-electron chi connectivity index (χ4n) is 2.68. The van der Waals surface area contributed by atoms with Gasteiger partial charge in [0.05, 0.1) is 7.11 Å². The summed E-state index contributed by atoms with van der Waals surface area (Å²) in [5.41, 5.74) is 3.77. The Labute approximate surface area is 147 Å². The predicted molar refractivity (Wildman–Crippen MR) is 102 cm³/mol. The zero-order chi connectivity index (χ0) is 17.1. The summed E-state index contributed by atoms with van der Waals surface area (Å²) < 4.78 is 5.70. The molecule has 3 rings (SSSR count). The molecule has 0 bridgehead atoms. The zero-order valence-corrected chi connectivity index (χ0v) is 15.5. The first-order chi connectivity index (χ1) is 11.6. The number of hydrogen-bond donors (Lipinski definition) is 0. The standard InChI is InChI=1S/C22H23OS/c1-16-5-10-19(11-6-16)24(20-12-7-17(2)8-13-20)22-14-9-18(3)15-21(22)23-4/h5-15H,1-4H3/q+1.